The Labute approximate surface area is 129 Å². The van der Waals surface area contributed by atoms with Crippen LogP contribution in [0.3, 0.4) is 0 Å². The van der Waals surface area contributed by atoms with E-state index in [2.05, 4.69) is 10.5 Å². The zero-order valence-electron chi connectivity index (χ0n) is 12.9. The predicted octanol–water partition coefficient (Wildman–Crippen LogP) is 3.12. The van der Waals surface area contributed by atoms with Gasteiger partial charge < -0.3 is 19.7 Å². The molecule has 6 heteroatoms. The molecule has 0 aliphatic heterocycles. The van der Waals surface area contributed by atoms with E-state index in [9.17, 15) is 9.90 Å². The van der Waals surface area contributed by atoms with Crippen LogP contribution in [0.1, 0.15) is 24.2 Å². The summed E-state index contributed by atoms with van der Waals surface area (Å²) >= 11 is 0. The molecule has 0 saturated carbocycles. The molecule has 0 saturated heterocycles. The molecule has 1 aromatic heterocycles. The average molecular weight is 304 g/mol. The van der Waals surface area contributed by atoms with Crippen molar-refractivity contribution < 1.29 is 19.2 Å². The van der Waals surface area contributed by atoms with Gasteiger partial charge in [0.1, 0.15) is 0 Å². The van der Waals surface area contributed by atoms with Crippen molar-refractivity contribution in [3.8, 4) is 11.3 Å². The normalized spacial score (nSPS) is 11.4. The Kier molecular flexibility index (Phi) is 4.82. The van der Waals surface area contributed by atoms with Crippen LogP contribution in [0.4, 0.5) is 5.82 Å². The molecule has 0 aliphatic rings. The molecule has 0 aliphatic carbocycles. The lowest BCUT2D eigenvalue weighted by atomic mass is 9.95. The van der Waals surface area contributed by atoms with E-state index < -0.39 is 5.97 Å². The quantitative estimate of drug-likeness (QED) is 0.817. The Morgan fingerprint density at radius 2 is 2.05 bits per heavy atom. The number of ether oxygens (including phenoxy) is 1. The first-order valence-electron chi connectivity index (χ1n) is 6.96. The molecule has 0 fully saturated rings. The Bertz CT molecular complexity index is 635. The Morgan fingerprint density at radius 3 is 2.64 bits per heavy atom. The second-order valence-electron chi connectivity index (χ2n) is 5.86. The highest BCUT2D eigenvalue weighted by atomic mass is 16.5. The van der Waals surface area contributed by atoms with Gasteiger partial charge in [-0.15, -0.1) is 0 Å². The summed E-state index contributed by atoms with van der Waals surface area (Å²) in [5.74, 6) is -0.595. The maximum absolute atomic E-state index is 11.6. The average Bonchev–Trinajstić information content (AvgIpc) is 2.90. The van der Waals surface area contributed by atoms with Gasteiger partial charge in [-0.3, -0.25) is 0 Å². The van der Waals surface area contributed by atoms with Gasteiger partial charge >= 0.3 is 5.97 Å². The third-order valence-electron chi connectivity index (χ3n) is 3.21. The monoisotopic (exact) mass is 304 g/mol. The van der Waals surface area contributed by atoms with Gasteiger partial charge in [-0.1, -0.05) is 49.3 Å². The number of carboxylic acid groups (broad SMARTS) is 1. The molecule has 0 bridgehead atoms. The molecule has 22 heavy (non-hydrogen) atoms. The lowest BCUT2D eigenvalue weighted by molar-refractivity contribution is 0.0698. The molecule has 0 spiro atoms. The molecule has 0 radical (unpaired) electrons. The van der Waals surface area contributed by atoms with E-state index >= 15 is 0 Å². The van der Waals surface area contributed by atoms with E-state index in [1.54, 1.807) is 19.2 Å². The van der Waals surface area contributed by atoms with Crippen LogP contribution in [-0.4, -0.2) is 36.5 Å². The zero-order valence-corrected chi connectivity index (χ0v) is 12.9. The second kappa shape index (κ2) is 6.62. The van der Waals surface area contributed by atoms with Crippen molar-refractivity contribution in [2.75, 3.05) is 25.6 Å². The first-order chi connectivity index (χ1) is 10.4. The van der Waals surface area contributed by atoms with Crippen molar-refractivity contribution >= 4 is 11.8 Å². The number of nitrogens with zero attached hydrogens (tertiary/aromatic N) is 1. The Hall–Kier alpha value is -2.34. The summed E-state index contributed by atoms with van der Waals surface area (Å²) in [4.78, 5) is 11.6. The molecule has 0 unspecified atom stereocenters. The molecule has 1 aromatic carbocycles. The number of hydrogen-bond acceptors (Lipinski definition) is 5. The molecule has 2 rings (SSSR count). The zero-order chi connectivity index (χ0) is 16.2. The highest BCUT2D eigenvalue weighted by molar-refractivity contribution is 5.99. The standard InChI is InChI=1S/C16H20N2O4/c1-16(2,10-21-3)9-17-14-12(15(19)20)13(22-18-14)11-7-5-4-6-8-11/h4-8H,9-10H2,1-3H3,(H,17,18)(H,19,20). The number of carbonyl (C=O) groups is 1. The third kappa shape index (κ3) is 3.65. The number of nitrogens with one attached hydrogen (secondary N) is 1. The van der Waals surface area contributed by atoms with Gasteiger partial charge in [-0.25, -0.2) is 4.79 Å². The number of benzene rings is 1. The van der Waals surface area contributed by atoms with Gasteiger partial charge in [0.15, 0.2) is 17.1 Å². The first kappa shape index (κ1) is 16.0. The van der Waals surface area contributed by atoms with Crippen molar-refractivity contribution in [2.24, 2.45) is 5.41 Å². The second-order valence-corrected chi connectivity index (χ2v) is 5.86. The lowest BCUT2D eigenvalue weighted by Crippen LogP contribution is -2.28. The number of aromatic nitrogens is 1. The summed E-state index contributed by atoms with van der Waals surface area (Å²) in [6.07, 6.45) is 0. The number of anilines is 1. The maximum atomic E-state index is 11.6. The highest BCUT2D eigenvalue weighted by Crippen LogP contribution is 2.30. The van der Waals surface area contributed by atoms with Gasteiger partial charge in [-0.05, 0) is 0 Å². The molecule has 1 heterocycles. The Balaban J connectivity index is 2.27. The van der Waals surface area contributed by atoms with E-state index in [0.717, 1.165) is 0 Å². The summed E-state index contributed by atoms with van der Waals surface area (Å²) in [6.45, 7) is 5.10. The summed E-state index contributed by atoms with van der Waals surface area (Å²) < 4.78 is 10.4. The van der Waals surface area contributed by atoms with Gasteiger partial charge in [0.2, 0.25) is 0 Å². The van der Waals surface area contributed by atoms with E-state index in [1.165, 1.54) is 0 Å². The van der Waals surface area contributed by atoms with Gasteiger partial charge in [0.05, 0.1) is 6.61 Å². The van der Waals surface area contributed by atoms with Crippen LogP contribution in [0.15, 0.2) is 34.9 Å². The number of methoxy groups -OCH3 is 1. The molecule has 6 nitrogen and oxygen atoms in total. The molecule has 0 atom stereocenters. The van der Waals surface area contributed by atoms with Crippen LogP contribution < -0.4 is 5.32 Å². The smallest absolute Gasteiger partial charge is 0.343 e. The number of hydrogen-bond donors (Lipinski definition) is 2. The van der Waals surface area contributed by atoms with Crippen LogP contribution in [0.25, 0.3) is 11.3 Å². The van der Waals surface area contributed by atoms with Crippen molar-refractivity contribution in [2.45, 2.75) is 13.8 Å². The van der Waals surface area contributed by atoms with Crippen molar-refractivity contribution in [1.82, 2.24) is 5.16 Å². The fraction of sp³-hybridized carbons (Fsp3) is 0.375. The van der Waals surface area contributed by atoms with Crippen LogP contribution >= 0.6 is 0 Å². The van der Waals surface area contributed by atoms with E-state index in [-0.39, 0.29) is 22.6 Å². The molecule has 2 N–H and O–H groups in total. The van der Waals surface area contributed by atoms with E-state index in [1.807, 2.05) is 32.0 Å². The van der Waals surface area contributed by atoms with Gasteiger partial charge in [0, 0.05) is 24.6 Å². The molecular weight excluding hydrogens is 284 g/mol. The van der Waals surface area contributed by atoms with Crippen LogP contribution in [0.2, 0.25) is 0 Å². The summed E-state index contributed by atoms with van der Waals surface area (Å²) in [5.41, 5.74) is 0.562. The van der Waals surface area contributed by atoms with Gasteiger partial charge in [0.25, 0.3) is 0 Å². The number of carboxylic acids is 1. The number of aromatic carboxylic acids is 1. The first-order valence-corrected chi connectivity index (χ1v) is 6.96. The molecule has 2 aromatic rings. The molecule has 118 valence electrons. The van der Waals surface area contributed by atoms with E-state index in [4.69, 9.17) is 9.26 Å². The summed E-state index contributed by atoms with van der Waals surface area (Å²) in [7, 11) is 1.63. The molecular formula is C16H20N2O4. The van der Waals surface area contributed by atoms with Crippen LogP contribution in [0, 0.1) is 5.41 Å². The van der Waals surface area contributed by atoms with E-state index in [0.29, 0.717) is 18.7 Å². The predicted molar refractivity (Wildman–Crippen MR) is 83.0 cm³/mol. The molecule has 0 amide bonds. The third-order valence-corrected chi connectivity index (χ3v) is 3.21. The van der Waals surface area contributed by atoms with Crippen molar-refractivity contribution in [1.29, 1.82) is 0 Å². The minimum atomic E-state index is -1.08. The minimum absolute atomic E-state index is 0.0411. The fourth-order valence-corrected chi connectivity index (χ4v) is 2.16. The van der Waals surface area contributed by atoms with Crippen molar-refractivity contribution in [3.63, 3.8) is 0 Å². The highest BCUT2D eigenvalue weighted by Gasteiger charge is 2.25. The lowest BCUT2D eigenvalue weighted by Gasteiger charge is -2.23. The van der Waals surface area contributed by atoms with Crippen LogP contribution in [-0.2, 0) is 4.74 Å². The fourth-order valence-electron chi connectivity index (χ4n) is 2.16. The topological polar surface area (TPSA) is 84.6 Å². The van der Waals surface area contributed by atoms with Gasteiger partial charge in [-0.2, -0.15) is 0 Å². The summed E-state index contributed by atoms with van der Waals surface area (Å²) in [5, 5.41) is 16.4. The number of rotatable bonds is 7. The minimum Gasteiger partial charge on any atom is -0.477 e. The maximum Gasteiger partial charge on any atom is 0.343 e. The SMILES string of the molecule is COCC(C)(C)CNc1noc(-c2ccccc2)c1C(=O)O. The largest absolute Gasteiger partial charge is 0.477 e. The Morgan fingerprint density at radius 1 is 1.36 bits per heavy atom. The van der Waals surface area contributed by atoms with Crippen molar-refractivity contribution in [3.05, 3.63) is 35.9 Å². The van der Waals surface area contributed by atoms with Crippen LogP contribution in [0.5, 0.6) is 0 Å². The summed E-state index contributed by atoms with van der Waals surface area (Å²) in [6, 6.07) is 9.06.